The van der Waals surface area contributed by atoms with Crippen LogP contribution in [0.3, 0.4) is 0 Å². The van der Waals surface area contributed by atoms with Crippen molar-refractivity contribution in [1.29, 1.82) is 0 Å². The number of methoxy groups -OCH3 is 1. The van der Waals surface area contributed by atoms with Gasteiger partial charge in [0.25, 0.3) is 5.91 Å². The molecule has 6 heteroatoms. The van der Waals surface area contributed by atoms with Gasteiger partial charge in [0.15, 0.2) is 0 Å². The molecule has 0 aliphatic rings. The Morgan fingerprint density at radius 3 is 2.68 bits per heavy atom. The van der Waals surface area contributed by atoms with E-state index in [4.69, 9.17) is 14.8 Å². The molecule has 1 amide bonds. The largest absolute Gasteiger partial charge is 0.496 e. The summed E-state index contributed by atoms with van der Waals surface area (Å²) in [5.41, 5.74) is 2.61. The van der Waals surface area contributed by atoms with E-state index < -0.39 is 7.12 Å². The molecular weight excluding hydrogens is 281 g/mol. The molecule has 2 rings (SSSR count). The minimum atomic E-state index is -1.52. The van der Waals surface area contributed by atoms with Crippen molar-refractivity contribution in [2.24, 2.45) is 0 Å². The minimum Gasteiger partial charge on any atom is -0.496 e. The lowest BCUT2D eigenvalue weighted by atomic mass is 9.79. The Hall–Kier alpha value is -2.31. The molecule has 0 radical (unpaired) electrons. The minimum absolute atomic E-state index is 0.240. The Labute approximate surface area is 129 Å². The summed E-state index contributed by atoms with van der Waals surface area (Å²) in [7, 11) is 0.000569. The van der Waals surface area contributed by atoms with Crippen molar-refractivity contribution >= 4 is 18.5 Å². The lowest BCUT2D eigenvalue weighted by molar-refractivity contribution is 0.0948. The third kappa shape index (κ3) is 3.87. The summed E-state index contributed by atoms with van der Waals surface area (Å²) in [6, 6.07) is 12.2. The Balaban J connectivity index is 2.10. The number of ether oxygens (including phenoxy) is 1. The number of carbonyl (C=O) groups is 1. The highest BCUT2D eigenvalue weighted by Gasteiger charge is 2.13. The van der Waals surface area contributed by atoms with Crippen molar-refractivity contribution in [3.63, 3.8) is 0 Å². The van der Waals surface area contributed by atoms with Crippen LogP contribution in [0.4, 0.5) is 0 Å². The number of benzene rings is 2. The van der Waals surface area contributed by atoms with Crippen LogP contribution in [-0.4, -0.2) is 30.2 Å². The fourth-order valence-corrected chi connectivity index (χ4v) is 2.14. The zero-order chi connectivity index (χ0) is 16.1. The number of amides is 1. The van der Waals surface area contributed by atoms with E-state index in [0.717, 1.165) is 11.1 Å². The van der Waals surface area contributed by atoms with Crippen LogP contribution in [0.5, 0.6) is 5.75 Å². The molecule has 2 aromatic rings. The molecule has 3 N–H and O–H groups in total. The molecule has 114 valence electrons. The number of carbonyl (C=O) groups excluding carboxylic acids is 1. The van der Waals surface area contributed by atoms with Gasteiger partial charge in [-0.25, -0.2) is 0 Å². The van der Waals surface area contributed by atoms with Gasteiger partial charge in [-0.05, 0) is 30.1 Å². The van der Waals surface area contributed by atoms with Gasteiger partial charge in [-0.1, -0.05) is 35.9 Å². The summed E-state index contributed by atoms with van der Waals surface area (Å²) >= 11 is 0. The topological polar surface area (TPSA) is 78.8 Å². The Kier molecular flexibility index (Phi) is 5.19. The second-order valence-electron chi connectivity index (χ2n) is 5.01. The van der Waals surface area contributed by atoms with Crippen molar-refractivity contribution in [2.45, 2.75) is 13.5 Å². The van der Waals surface area contributed by atoms with Crippen molar-refractivity contribution < 1.29 is 19.6 Å². The monoisotopic (exact) mass is 299 g/mol. The lowest BCUT2D eigenvalue weighted by Crippen LogP contribution is -2.30. The normalized spacial score (nSPS) is 10.2. The third-order valence-corrected chi connectivity index (χ3v) is 3.30. The average molecular weight is 299 g/mol. The van der Waals surface area contributed by atoms with Gasteiger partial charge in [0.1, 0.15) is 5.75 Å². The van der Waals surface area contributed by atoms with E-state index in [1.54, 1.807) is 36.4 Å². The highest BCUT2D eigenvalue weighted by atomic mass is 16.5. The summed E-state index contributed by atoms with van der Waals surface area (Å²) in [6.45, 7) is 2.19. The van der Waals surface area contributed by atoms with Crippen LogP contribution in [0.1, 0.15) is 21.5 Å². The van der Waals surface area contributed by atoms with Crippen LogP contribution >= 0.6 is 0 Å². The molecule has 0 fully saturated rings. The van der Waals surface area contributed by atoms with Crippen molar-refractivity contribution in [1.82, 2.24) is 5.32 Å². The molecule has 0 bridgehead atoms. The summed E-state index contributed by atoms with van der Waals surface area (Å²) in [4.78, 5) is 12.3. The molecule has 0 aromatic heterocycles. The first-order valence-electron chi connectivity index (χ1n) is 6.89. The summed E-state index contributed by atoms with van der Waals surface area (Å²) in [5, 5.41) is 21.1. The molecular formula is C16H18BNO4. The predicted molar refractivity (Wildman–Crippen MR) is 85.2 cm³/mol. The van der Waals surface area contributed by atoms with E-state index in [9.17, 15) is 4.79 Å². The van der Waals surface area contributed by atoms with E-state index in [1.165, 1.54) is 7.11 Å². The molecule has 0 atom stereocenters. The first kappa shape index (κ1) is 16.1. The quantitative estimate of drug-likeness (QED) is 0.707. The Bertz CT molecular complexity index is 673. The van der Waals surface area contributed by atoms with Crippen molar-refractivity contribution in [2.75, 3.05) is 7.11 Å². The molecule has 0 spiro atoms. The third-order valence-electron chi connectivity index (χ3n) is 3.30. The molecule has 0 aliphatic carbocycles. The molecule has 0 aliphatic heterocycles. The maximum absolute atomic E-state index is 12.3. The van der Waals surface area contributed by atoms with Gasteiger partial charge in [0.2, 0.25) is 0 Å². The molecule has 5 nitrogen and oxygen atoms in total. The summed E-state index contributed by atoms with van der Waals surface area (Å²) < 4.78 is 5.20. The van der Waals surface area contributed by atoms with Crippen LogP contribution in [0.25, 0.3) is 0 Å². The second kappa shape index (κ2) is 7.11. The van der Waals surface area contributed by atoms with Gasteiger partial charge in [-0.2, -0.15) is 0 Å². The fraction of sp³-hybridized carbons (Fsp3) is 0.188. The van der Waals surface area contributed by atoms with Gasteiger partial charge in [-0.3, -0.25) is 4.79 Å². The molecule has 0 unspecified atom stereocenters. The smallest absolute Gasteiger partial charge is 0.488 e. The van der Waals surface area contributed by atoms with Crippen LogP contribution < -0.4 is 15.5 Å². The van der Waals surface area contributed by atoms with Crippen LogP contribution in [0.2, 0.25) is 0 Å². The number of rotatable bonds is 5. The number of hydrogen-bond acceptors (Lipinski definition) is 4. The van der Waals surface area contributed by atoms with E-state index in [1.807, 2.05) is 13.0 Å². The standard InChI is InChI=1S/C16H18BNO4/c1-11-6-7-15(22-2)14(8-11)16(19)18-10-12-4-3-5-13(9-12)17(20)21/h3-9,20-21H,10H2,1-2H3,(H,18,19). The molecule has 0 saturated heterocycles. The van der Waals surface area contributed by atoms with Gasteiger partial charge >= 0.3 is 7.12 Å². The van der Waals surface area contributed by atoms with Crippen molar-refractivity contribution in [3.05, 3.63) is 59.2 Å². The zero-order valence-electron chi connectivity index (χ0n) is 12.5. The maximum atomic E-state index is 12.3. The molecule has 2 aromatic carbocycles. The van der Waals surface area contributed by atoms with Crippen molar-refractivity contribution in [3.8, 4) is 5.75 Å². The lowest BCUT2D eigenvalue weighted by Gasteiger charge is -2.11. The molecule has 0 saturated carbocycles. The number of hydrogen-bond donors (Lipinski definition) is 3. The highest BCUT2D eigenvalue weighted by molar-refractivity contribution is 6.58. The van der Waals surface area contributed by atoms with E-state index in [-0.39, 0.29) is 12.5 Å². The average Bonchev–Trinajstić information content (AvgIpc) is 2.52. The van der Waals surface area contributed by atoms with Crippen LogP contribution in [0.15, 0.2) is 42.5 Å². The van der Waals surface area contributed by atoms with Gasteiger partial charge in [-0.15, -0.1) is 0 Å². The first-order valence-corrected chi connectivity index (χ1v) is 6.89. The zero-order valence-corrected chi connectivity index (χ0v) is 12.5. The van der Waals surface area contributed by atoms with Gasteiger partial charge in [0, 0.05) is 6.54 Å². The van der Waals surface area contributed by atoms with E-state index in [0.29, 0.717) is 16.8 Å². The van der Waals surface area contributed by atoms with Crippen LogP contribution in [-0.2, 0) is 6.54 Å². The summed E-state index contributed by atoms with van der Waals surface area (Å²) in [5.74, 6) is 0.276. The fourth-order valence-electron chi connectivity index (χ4n) is 2.14. The van der Waals surface area contributed by atoms with Gasteiger partial charge in [0.05, 0.1) is 12.7 Å². The molecule has 22 heavy (non-hydrogen) atoms. The Morgan fingerprint density at radius 1 is 1.23 bits per heavy atom. The Morgan fingerprint density at radius 2 is 2.00 bits per heavy atom. The maximum Gasteiger partial charge on any atom is 0.488 e. The van der Waals surface area contributed by atoms with E-state index in [2.05, 4.69) is 5.32 Å². The number of nitrogens with one attached hydrogen (secondary N) is 1. The predicted octanol–water partition coefficient (Wildman–Crippen LogP) is 0.613. The molecule has 0 heterocycles. The SMILES string of the molecule is COc1ccc(C)cc1C(=O)NCc1cccc(B(O)O)c1. The second-order valence-corrected chi connectivity index (χ2v) is 5.01. The highest BCUT2D eigenvalue weighted by Crippen LogP contribution is 2.19. The number of aryl methyl sites for hydroxylation is 1. The van der Waals surface area contributed by atoms with Gasteiger partial charge < -0.3 is 20.1 Å². The van der Waals surface area contributed by atoms with Crippen LogP contribution in [0, 0.1) is 6.92 Å². The first-order chi connectivity index (χ1) is 10.5. The summed E-state index contributed by atoms with van der Waals surface area (Å²) in [6.07, 6.45) is 0. The van der Waals surface area contributed by atoms with E-state index >= 15 is 0 Å².